The summed E-state index contributed by atoms with van der Waals surface area (Å²) in [6.07, 6.45) is 13.7. The van der Waals surface area contributed by atoms with Crippen LogP contribution in [0.5, 0.6) is 0 Å². The highest BCUT2D eigenvalue weighted by atomic mass is 16.5. The minimum Gasteiger partial charge on any atom is -0.369 e. The van der Waals surface area contributed by atoms with Crippen LogP contribution in [0.4, 0.5) is 0 Å². The van der Waals surface area contributed by atoms with Crippen molar-refractivity contribution >= 4 is 0 Å². The van der Waals surface area contributed by atoms with Crippen molar-refractivity contribution in [2.24, 2.45) is 18.9 Å². The minimum absolute atomic E-state index is 0.131. The lowest BCUT2D eigenvalue weighted by atomic mass is 9.82. The van der Waals surface area contributed by atoms with Crippen molar-refractivity contribution in [3.8, 4) is 0 Å². The molecule has 2 heterocycles. The van der Waals surface area contributed by atoms with E-state index in [1.807, 2.05) is 12.4 Å². The molecule has 0 radical (unpaired) electrons. The molecule has 0 bridgehead atoms. The zero-order valence-corrected chi connectivity index (χ0v) is 13.0. The molecule has 3 aliphatic rings. The van der Waals surface area contributed by atoms with Crippen molar-refractivity contribution in [2.45, 2.75) is 63.1 Å². The highest BCUT2D eigenvalue weighted by molar-refractivity contribution is 5.03. The molecule has 2 saturated carbocycles. The quantitative estimate of drug-likeness (QED) is 0.926. The van der Waals surface area contributed by atoms with Gasteiger partial charge in [-0.05, 0) is 43.9 Å². The van der Waals surface area contributed by atoms with Crippen LogP contribution < -0.4 is 5.32 Å². The monoisotopic (exact) mass is 289 g/mol. The standard InChI is InChI=1S/C17H27N3O/c1-20-9-8-18-17(20)16-15(7-10-21-16)19-14-4-2-3-13(11-14)12-5-6-12/h8-9,12-16,19H,2-7,10-11H2,1H3/t13-,14-,15-,16-/m0/s1. The van der Waals surface area contributed by atoms with Crippen molar-refractivity contribution in [3.63, 3.8) is 0 Å². The third-order valence-electron chi connectivity index (χ3n) is 5.66. The normalized spacial score (nSPS) is 37.0. The van der Waals surface area contributed by atoms with Gasteiger partial charge in [-0.1, -0.05) is 12.8 Å². The zero-order valence-electron chi connectivity index (χ0n) is 13.0. The predicted octanol–water partition coefficient (Wildman–Crippen LogP) is 2.81. The fourth-order valence-electron chi connectivity index (χ4n) is 4.34. The number of imidazole rings is 1. The Morgan fingerprint density at radius 3 is 2.86 bits per heavy atom. The molecule has 4 atom stereocenters. The van der Waals surface area contributed by atoms with Gasteiger partial charge in [-0.25, -0.2) is 4.98 Å². The molecule has 1 saturated heterocycles. The number of hydrogen-bond donors (Lipinski definition) is 1. The van der Waals surface area contributed by atoms with E-state index in [4.69, 9.17) is 4.74 Å². The van der Waals surface area contributed by atoms with E-state index < -0.39 is 0 Å². The second-order valence-electron chi connectivity index (χ2n) is 7.21. The molecule has 4 rings (SSSR count). The molecule has 3 fully saturated rings. The zero-order chi connectivity index (χ0) is 14.2. The Balaban J connectivity index is 1.40. The molecule has 1 aliphatic heterocycles. The molecule has 2 aliphatic carbocycles. The van der Waals surface area contributed by atoms with E-state index in [2.05, 4.69) is 21.9 Å². The molecule has 0 amide bonds. The van der Waals surface area contributed by atoms with E-state index in [9.17, 15) is 0 Å². The predicted molar refractivity (Wildman–Crippen MR) is 81.9 cm³/mol. The van der Waals surface area contributed by atoms with Gasteiger partial charge in [0.05, 0.1) is 0 Å². The van der Waals surface area contributed by atoms with Gasteiger partial charge in [-0.2, -0.15) is 0 Å². The maximum Gasteiger partial charge on any atom is 0.139 e. The maximum atomic E-state index is 5.97. The number of ether oxygens (including phenoxy) is 1. The molecule has 21 heavy (non-hydrogen) atoms. The van der Waals surface area contributed by atoms with Crippen LogP contribution in [0.1, 0.15) is 56.9 Å². The molecular formula is C17H27N3O. The van der Waals surface area contributed by atoms with Gasteiger partial charge in [0, 0.05) is 38.1 Å². The highest BCUT2D eigenvalue weighted by Gasteiger charge is 2.38. The average Bonchev–Trinajstić information content (AvgIpc) is 3.12. The Kier molecular flexibility index (Phi) is 3.76. The summed E-state index contributed by atoms with van der Waals surface area (Å²) in [7, 11) is 2.06. The summed E-state index contributed by atoms with van der Waals surface area (Å²) >= 11 is 0. The van der Waals surface area contributed by atoms with Crippen molar-refractivity contribution in [1.29, 1.82) is 0 Å². The Morgan fingerprint density at radius 1 is 1.19 bits per heavy atom. The first-order valence-electron chi connectivity index (χ1n) is 8.66. The number of rotatable bonds is 4. The van der Waals surface area contributed by atoms with E-state index >= 15 is 0 Å². The smallest absolute Gasteiger partial charge is 0.139 e. The average molecular weight is 289 g/mol. The molecule has 4 heteroatoms. The minimum atomic E-state index is 0.131. The largest absolute Gasteiger partial charge is 0.369 e. The van der Waals surface area contributed by atoms with Crippen molar-refractivity contribution < 1.29 is 4.74 Å². The van der Waals surface area contributed by atoms with Crippen LogP contribution in [0.3, 0.4) is 0 Å². The highest BCUT2D eigenvalue weighted by Crippen LogP contribution is 2.44. The first-order valence-corrected chi connectivity index (χ1v) is 8.66. The number of nitrogens with one attached hydrogen (secondary N) is 1. The third kappa shape index (κ3) is 2.88. The van der Waals surface area contributed by atoms with Crippen LogP contribution in [-0.2, 0) is 11.8 Å². The first kappa shape index (κ1) is 13.8. The number of hydrogen-bond acceptors (Lipinski definition) is 3. The molecule has 116 valence electrons. The lowest BCUT2D eigenvalue weighted by Gasteiger charge is -2.33. The van der Waals surface area contributed by atoms with Gasteiger partial charge in [0.15, 0.2) is 0 Å². The lowest BCUT2D eigenvalue weighted by Crippen LogP contribution is -2.43. The van der Waals surface area contributed by atoms with Crippen LogP contribution in [0.2, 0.25) is 0 Å². The van der Waals surface area contributed by atoms with Gasteiger partial charge in [-0.3, -0.25) is 0 Å². The fraction of sp³-hybridized carbons (Fsp3) is 0.824. The number of aryl methyl sites for hydroxylation is 1. The van der Waals surface area contributed by atoms with Gasteiger partial charge in [0.1, 0.15) is 11.9 Å². The number of nitrogens with zero attached hydrogens (tertiary/aromatic N) is 2. The van der Waals surface area contributed by atoms with Crippen molar-refractivity contribution in [3.05, 3.63) is 18.2 Å². The van der Waals surface area contributed by atoms with E-state index in [0.29, 0.717) is 12.1 Å². The van der Waals surface area contributed by atoms with E-state index in [0.717, 1.165) is 30.7 Å². The van der Waals surface area contributed by atoms with Gasteiger partial charge in [0.2, 0.25) is 0 Å². The lowest BCUT2D eigenvalue weighted by molar-refractivity contribution is 0.0842. The molecule has 1 aromatic heterocycles. The summed E-state index contributed by atoms with van der Waals surface area (Å²) in [5, 5.41) is 3.92. The molecule has 0 unspecified atom stereocenters. The van der Waals surface area contributed by atoms with Gasteiger partial charge < -0.3 is 14.6 Å². The van der Waals surface area contributed by atoms with Gasteiger partial charge in [0.25, 0.3) is 0 Å². The van der Waals surface area contributed by atoms with Crippen LogP contribution in [0, 0.1) is 11.8 Å². The Bertz CT molecular complexity index is 482. The SMILES string of the molecule is Cn1ccnc1[C@H]1OCC[C@@H]1N[C@H]1CCC[C@H](C2CC2)C1. The van der Waals surface area contributed by atoms with E-state index in [1.165, 1.54) is 38.5 Å². The Hall–Kier alpha value is -0.870. The summed E-state index contributed by atoms with van der Waals surface area (Å²) in [4.78, 5) is 4.49. The van der Waals surface area contributed by atoms with Crippen LogP contribution in [0.25, 0.3) is 0 Å². The molecular weight excluding hydrogens is 262 g/mol. The van der Waals surface area contributed by atoms with Gasteiger partial charge in [-0.15, -0.1) is 0 Å². The van der Waals surface area contributed by atoms with Crippen LogP contribution in [-0.4, -0.2) is 28.2 Å². The summed E-state index contributed by atoms with van der Waals surface area (Å²) < 4.78 is 8.07. The number of aromatic nitrogens is 2. The molecule has 1 N–H and O–H groups in total. The Morgan fingerprint density at radius 2 is 2.10 bits per heavy atom. The van der Waals surface area contributed by atoms with Crippen LogP contribution >= 0.6 is 0 Å². The summed E-state index contributed by atoms with van der Waals surface area (Å²) in [5.74, 6) is 3.12. The third-order valence-corrected chi connectivity index (χ3v) is 5.66. The molecule has 0 spiro atoms. The van der Waals surface area contributed by atoms with E-state index in [-0.39, 0.29) is 6.10 Å². The fourth-order valence-corrected chi connectivity index (χ4v) is 4.34. The molecule has 0 aromatic carbocycles. The van der Waals surface area contributed by atoms with Crippen molar-refractivity contribution in [2.75, 3.05) is 6.61 Å². The van der Waals surface area contributed by atoms with E-state index in [1.54, 1.807) is 0 Å². The second-order valence-corrected chi connectivity index (χ2v) is 7.21. The molecule has 4 nitrogen and oxygen atoms in total. The summed E-state index contributed by atoms with van der Waals surface area (Å²) in [6.45, 7) is 0.855. The topological polar surface area (TPSA) is 39.1 Å². The first-order chi connectivity index (χ1) is 10.3. The van der Waals surface area contributed by atoms with Crippen LogP contribution in [0.15, 0.2) is 12.4 Å². The van der Waals surface area contributed by atoms with Gasteiger partial charge >= 0.3 is 0 Å². The maximum absolute atomic E-state index is 5.97. The Labute approximate surface area is 127 Å². The summed E-state index contributed by atoms with van der Waals surface area (Å²) in [6, 6.07) is 1.13. The van der Waals surface area contributed by atoms with Crippen molar-refractivity contribution in [1.82, 2.24) is 14.9 Å². The second kappa shape index (κ2) is 5.73. The molecule has 1 aromatic rings. The summed E-state index contributed by atoms with van der Waals surface area (Å²) in [5.41, 5.74) is 0.